The molecule has 0 atom stereocenters. The van der Waals surface area contributed by atoms with Crippen LogP contribution in [0.15, 0.2) is 206 Å². The molecule has 0 amide bonds. The fourth-order valence-corrected chi connectivity index (χ4v) is 11.1. The van der Waals surface area contributed by atoms with Crippen molar-refractivity contribution in [1.82, 2.24) is 19.5 Å². The van der Waals surface area contributed by atoms with Gasteiger partial charge in [-0.15, -0.1) is 0 Å². The molecule has 1 spiro atoms. The summed E-state index contributed by atoms with van der Waals surface area (Å²) < 4.78 is 2.19. The Morgan fingerprint density at radius 3 is 1.35 bits per heavy atom. The minimum absolute atomic E-state index is 0.570. The highest BCUT2D eigenvalue weighted by atomic mass is 15.2. The molecule has 10 aromatic carbocycles. The molecule has 4 heteroatoms. The number of rotatable bonds is 3. The molecule has 4 nitrogen and oxygen atoms in total. The Labute approximate surface area is 357 Å². The van der Waals surface area contributed by atoms with E-state index in [2.05, 4.69) is 193 Å². The summed E-state index contributed by atoms with van der Waals surface area (Å²) in [7, 11) is 0. The van der Waals surface area contributed by atoms with Crippen molar-refractivity contribution >= 4 is 54.1 Å². The quantitative estimate of drug-likeness (QED) is 0.168. The highest BCUT2D eigenvalue weighted by Crippen LogP contribution is 2.64. The molecule has 0 bridgehead atoms. The van der Waals surface area contributed by atoms with Gasteiger partial charge in [-0.2, -0.15) is 9.97 Å². The lowest BCUT2D eigenvalue weighted by Gasteiger charge is -2.31. The molecule has 2 aliphatic rings. The van der Waals surface area contributed by atoms with Crippen LogP contribution < -0.4 is 0 Å². The second kappa shape index (κ2) is 12.4. The summed E-state index contributed by atoms with van der Waals surface area (Å²) in [5.41, 5.74) is 13.6. The Balaban J connectivity index is 1.09. The molecular weight excluding hydrogens is 753 g/mol. The van der Waals surface area contributed by atoms with E-state index >= 15 is 0 Å². The second-order valence-corrected chi connectivity index (χ2v) is 16.7. The maximum Gasteiger partial charge on any atom is 0.238 e. The van der Waals surface area contributed by atoms with Crippen LogP contribution in [0.25, 0.3) is 105 Å². The minimum Gasteiger partial charge on any atom is -0.278 e. The van der Waals surface area contributed by atoms with E-state index in [1.165, 1.54) is 76.8 Å². The van der Waals surface area contributed by atoms with Gasteiger partial charge in [0.05, 0.1) is 16.4 Å². The van der Waals surface area contributed by atoms with Gasteiger partial charge in [0.25, 0.3) is 0 Å². The molecule has 2 aliphatic carbocycles. The fraction of sp³-hybridized carbons (Fsp3) is 0.0172. The average molecular weight is 787 g/mol. The number of benzene rings is 10. The predicted octanol–water partition coefficient (Wildman–Crippen LogP) is 14.1. The van der Waals surface area contributed by atoms with Crippen LogP contribution in [0.3, 0.4) is 0 Å². The second-order valence-electron chi connectivity index (χ2n) is 16.7. The van der Waals surface area contributed by atoms with Gasteiger partial charge < -0.3 is 0 Å². The normalized spacial score (nSPS) is 13.3. The van der Waals surface area contributed by atoms with Gasteiger partial charge in [-0.1, -0.05) is 176 Å². The minimum atomic E-state index is -0.570. The van der Waals surface area contributed by atoms with E-state index in [4.69, 9.17) is 15.0 Å². The van der Waals surface area contributed by atoms with Crippen LogP contribution in [0.5, 0.6) is 0 Å². The highest BCUT2D eigenvalue weighted by molar-refractivity contribution is 6.26. The van der Waals surface area contributed by atoms with Gasteiger partial charge in [0.15, 0.2) is 11.6 Å². The standard InChI is InChI=1S/C58H34N4/c1-2-16-35(17-3-1)55-59-56(61-57(60-55)62-53-28-14-10-24-44(53)45-25-11-15-29-54(45)62)36-30-31-43-48-33-46-39-20-6-4-18-37(39)38-19-5-7-21-40(38)47(46)34-52(48)58(51(43)32-36)49-26-12-8-22-41(49)42-23-9-13-27-50(42)58/h1-34H. The fourth-order valence-electron chi connectivity index (χ4n) is 11.1. The number of nitrogens with zero attached hydrogens (tertiary/aromatic N) is 4. The molecule has 0 aliphatic heterocycles. The molecule has 2 aromatic heterocycles. The van der Waals surface area contributed by atoms with Crippen molar-refractivity contribution in [1.29, 1.82) is 0 Å². The van der Waals surface area contributed by atoms with Crippen LogP contribution >= 0.6 is 0 Å². The summed E-state index contributed by atoms with van der Waals surface area (Å²) in [6.45, 7) is 0. The average Bonchev–Trinajstić information content (AvgIpc) is 3.95. The largest absolute Gasteiger partial charge is 0.278 e. The molecule has 0 saturated heterocycles. The van der Waals surface area contributed by atoms with Crippen LogP contribution in [0, 0.1) is 0 Å². The van der Waals surface area contributed by atoms with E-state index in [1.807, 2.05) is 18.2 Å². The van der Waals surface area contributed by atoms with Crippen molar-refractivity contribution in [2.24, 2.45) is 0 Å². The maximum absolute atomic E-state index is 5.40. The molecule has 0 radical (unpaired) electrons. The number of para-hydroxylation sites is 2. The molecule has 286 valence electrons. The lowest BCUT2D eigenvalue weighted by Crippen LogP contribution is -2.26. The van der Waals surface area contributed by atoms with Crippen LogP contribution in [-0.2, 0) is 5.41 Å². The number of fused-ring (bicyclic) bond motifs is 19. The van der Waals surface area contributed by atoms with Crippen LogP contribution in [-0.4, -0.2) is 19.5 Å². The van der Waals surface area contributed by atoms with Gasteiger partial charge in [-0.05, 0) is 107 Å². The lowest BCUT2D eigenvalue weighted by atomic mass is 9.70. The van der Waals surface area contributed by atoms with Crippen molar-refractivity contribution in [3.63, 3.8) is 0 Å². The first-order chi connectivity index (χ1) is 30.8. The van der Waals surface area contributed by atoms with Gasteiger partial charge in [-0.25, -0.2) is 4.98 Å². The third-order valence-electron chi connectivity index (χ3n) is 13.6. The number of hydrogen-bond donors (Lipinski definition) is 0. The summed E-state index contributed by atoms with van der Waals surface area (Å²) in [6.07, 6.45) is 0. The Morgan fingerprint density at radius 2 is 0.742 bits per heavy atom. The molecule has 0 saturated carbocycles. The predicted molar refractivity (Wildman–Crippen MR) is 254 cm³/mol. The van der Waals surface area contributed by atoms with Gasteiger partial charge in [-0.3, -0.25) is 4.57 Å². The van der Waals surface area contributed by atoms with Crippen molar-refractivity contribution in [3.8, 4) is 51.0 Å². The van der Waals surface area contributed by atoms with Gasteiger partial charge >= 0.3 is 0 Å². The van der Waals surface area contributed by atoms with E-state index in [9.17, 15) is 0 Å². The maximum atomic E-state index is 5.40. The topological polar surface area (TPSA) is 43.6 Å². The van der Waals surface area contributed by atoms with Gasteiger partial charge in [0.1, 0.15) is 0 Å². The summed E-state index contributed by atoms with van der Waals surface area (Å²) in [4.78, 5) is 15.9. The van der Waals surface area contributed by atoms with Crippen molar-refractivity contribution < 1.29 is 0 Å². The Kier molecular flexibility index (Phi) is 6.73. The molecule has 0 fully saturated rings. The third-order valence-corrected chi connectivity index (χ3v) is 13.6. The highest BCUT2D eigenvalue weighted by Gasteiger charge is 2.52. The SMILES string of the molecule is c1ccc(-c2nc(-c3ccc4c(c3)C3(c5ccccc5-c5ccccc53)c3cc5c6ccccc6c6ccccc6c5cc3-4)nc(-n3c4ccccc4c4ccccc43)n2)cc1. The third kappa shape index (κ3) is 4.37. The lowest BCUT2D eigenvalue weighted by molar-refractivity contribution is 0.795. The molecule has 14 rings (SSSR count). The zero-order valence-electron chi connectivity index (χ0n) is 33.4. The van der Waals surface area contributed by atoms with Crippen LogP contribution in [0.1, 0.15) is 22.3 Å². The Bertz CT molecular complexity index is 3780. The van der Waals surface area contributed by atoms with Gasteiger partial charge in [0.2, 0.25) is 5.95 Å². The van der Waals surface area contributed by atoms with E-state index in [0.29, 0.717) is 17.6 Å². The Morgan fingerprint density at radius 1 is 0.290 bits per heavy atom. The van der Waals surface area contributed by atoms with Crippen molar-refractivity contribution in [2.75, 3.05) is 0 Å². The number of aromatic nitrogens is 4. The van der Waals surface area contributed by atoms with E-state index in [0.717, 1.165) is 32.9 Å². The van der Waals surface area contributed by atoms with Crippen LogP contribution in [0.4, 0.5) is 0 Å². The van der Waals surface area contributed by atoms with Crippen molar-refractivity contribution in [3.05, 3.63) is 229 Å². The summed E-state index contributed by atoms with van der Waals surface area (Å²) >= 11 is 0. The molecule has 0 N–H and O–H groups in total. The first-order valence-electron chi connectivity index (χ1n) is 21.3. The van der Waals surface area contributed by atoms with Crippen molar-refractivity contribution in [2.45, 2.75) is 5.41 Å². The van der Waals surface area contributed by atoms with Gasteiger partial charge in [0, 0.05) is 21.9 Å². The summed E-state index contributed by atoms with van der Waals surface area (Å²) in [5.74, 6) is 1.85. The monoisotopic (exact) mass is 786 g/mol. The summed E-state index contributed by atoms with van der Waals surface area (Å²) in [5, 5.41) is 9.96. The first kappa shape index (κ1) is 33.6. The zero-order chi connectivity index (χ0) is 40.5. The Hall–Kier alpha value is -8.21. The van der Waals surface area contributed by atoms with E-state index in [-0.39, 0.29) is 0 Å². The first-order valence-corrected chi connectivity index (χ1v) is 21.3. The molecule has 2 heterocycles. The van der Waals surface area contributed by atoms with Crippen LogP contribution in [0.2, 0.25) is 0 Å². The molecule has 12 aromatic rings. The molecule has 62 heavy (non-hydrogen) atoms. The number of hydrogen-bond acceptors (Lipinski definition) is 3. The van der Waals surface area contributed by atoms with E-state index < -0.39 is 5.41 Å². The summed E-state index contributed by atoms with van der Waals surface area (Å²) in [6, 6.07) is 75.0. The molecule has 0 unspecified atom stereocenters. The zero-order valence-corrected chi connectivity index (χ0v) is 33.4. The van der Waals surface area contributed by atoms with E-state index in [1.54, 1.807) is 0 Å². The smallest absolute Gasteiger partial charge is 0.238 e. The molecular formula is C58H34N4.